The predicted octanol–water partition coefficient (Wildman–Crippen LogP) is 1.04. The van der Waals surface area contributed by atoms with Crippen molar-refractivity contribution >= 4 is 25.8 Å². The quantitative estimate of drug-likeness (QED) is 0.862. The van der Waals surface area contributed by atoms with Crippen molar-refractivity contribution in [1.82, 2.24) is 0 Å². The van der Waals surface area contributed by atoms with Crippen LogP contribution in [0, 0.1) is 0 Å². The van der Waals surface area contributed by atoms with Crippen molar-refractivity contribution in [2.45, 2.75) is 23.6 Å². The van der Waals surface area contributed by atoms with E-state index in [1.807, 2.05) is 24.3 Å². The van der Waals surface area contributed by atoms with E-state index in [0.717, 1.165) is 10.0 Å². The molecule has 1 aromatic carbocycles. The third kappa shape index (κ3) is 2.11. The summed E-state index contributed by atoms with van der Waals surface area (Å²) in [4.78, 5) is 0. The van der Waals surface area contributed by atoms with Gasteiger partial charge in [-0.2, -0.15) is 0 Å². The molecule has 4 nitrogen and oxygen atoms in total. The molecule has 0 saturated heterocycles. The predicted molar refractivity (Wildman–Crippen MR) is 74.1 cm³/mol. The summed E-state index contributed by atoms with van der Waals surface area (Å²) in [5.41, 5.74) is 5.84. The number of sulfone groups is 1. The summed E-state index contributed by atoms with van der Waals surface area (Å²) in [7, 11) is -3.25. The Hall–Kier alpha value is -0.430. The van der Waals surface area contributed by atoms with Crippen molar-refractivity contribution in [2.24, 2.45) is 5.73 Å². The standard InChI is InChI=1S/C12H16BrNO3S/c1-2-18(16,17)11-10(12(11,14)7-15)8-3-5-9(13)6-4-8/h3-6,10-11,15H,2,7,14H2,1H3/t10-,11+,12+/m0/s1. The van der Waals surface area contributed by atoms with Crippen LogP contribution < -0.4 is 5.73 Å². The van der Waals surface area contributed by atoms with Crippen LogP contribution in [0.2, 0.25) is 0 Å². The number of hydrogen-bond donors (Lipinski definition) is 2. The minimum atomic E-state index is -3.25. The second kappa shape index (κ2) is 4.59. The van der Waals surface area contributed by atoms with Gasteiger partial charge in [0.1, 0.15) is 0 Å². The third-order valence-corrected chi connectivity index (χ3v) is 6.41. The Morgan fingerprint density at radius 2 is 1.94 bits per heavy atom. The molecule has 0 bridgehead atoms. The lowest BCUT2D eigenvalue weighted by Crippen LogP contribution is -2.35. The lowest BCUT2D eigenvalue weighted by atomic mass is 10.1. The molecule has 1 aromatic rings. The highest BCUT2D eigenvalue weighted by molar-refractivity contribution is 9.10. The van der Waals surface area contributed by atoms with Gasteiger partial charge in [-0.25, -0.2) is 8.42 Å². The molecule has 1 aliphatic rings. The maximum atomic E-state index is 12.0. The lowest BCUT2D eigenvalue weighted by Gasteiger charge is -2.07. The SMILES string of the molecule is CCS(=O)(=O)[C@@H]1[C@H](c2ccc(Br)cc2)[C@]1(N)CO. The highest BCUT2D eigenvalue weighted by Gasteiger charge is 2.68. The first-order chi connectivity index (χ1) is 8.36. The second-order valence-corrected chi connectivity index (χ2v) is 8.00. The summed E-state index contributed by atoms with van der Waals surface area (Å²) >= 11 is 3.33. The fraction of sp³-hybridized carbons (Fsp3) is 0.500. The number of aliphatic hydroxyl groups excluding tert-OH is 1. The van der Waals surface area contributed by atoms with Gasteiger partial charge >= 0.3 is 0 Å². The van der Waals surface area contributed by atoms with E-state index in [-0.39, 0.29) is 18.3 Å². The summed E-state index contributed by atoms with van der Waals surface area (Å²) in [5.74, 6) is -0.274. The smallest absolute Gasteiger partial charge is 0.155 e. The number of aliphatic hydroxyl groups is 1. The Morgan fingerprint density at radius 3 is 2.39 bits per heavy atom. The van der Waals surface area contributed by atoms with Gasteiger partial charge in [-0.15, -0.1) is 0 Å². The maximum absolute atomic E-state index is 12.0. The van der Waals surface area contributed by atoms with E-state index in [1.165, 1.54) is 0 Å². The van der Waals surface area contributed by atoms with Gasteiger partial charge in [-0.1, -0.05) is 35.0 Å². The lowest BCUT2D eigenvalue weighted by molar-refractivity contribution is 0.253. The van der Waals surface area contributed by atoms with Crippen LogP contribution in [0.3, 0.4) is 0 Å². The number of halogens is 1. The van der Waals surface area contributed by atoms with Crippen molar-refractivity contribution in [3.8, 4) is 0 Å². The first-order valence-corrected chi connectivity index (χ1v) is 8.24. The average molecular weight is 334 g/mol. The van der Waals surface area contributed by atoms with Gasteiger partial charge in [-0.05, 0) is 17.7 Å². The Balaban J connectivity index is 2.37. The molecule has 6 heteroatoms. The highest BCUT2D eigenvalue weighted by atomic mass is 79.9. The topological polar surface area (TPSA) is 80.4 Å². The largest absolute Gasteiger partial charge is 0.394 e. The van der Waals surface area contributed by atoms with Gasteiger partial charge in [0, 0.05) is 16.1 Å². The molecule has 3 N–H and O–H groups in total. The molecular formula is C12H16BrNO3S. The maximum Gasteiger partial charge on any atom is 0.155 e. The van der Waals surface area contributed by atoms with Crippen LogP contribution in [-0.4, -0.2) is 36.7 Å². The monoisotopic (exact) mass is 333 g/mol. The number of rotatable bonds is 4. The molecule has 0 aliphatic heterocycles. The summed E-state index contributed by atoms with van der Waals surface area (Å²) < 4.78 is 24.9. The second-order valence-electron chi connectivity index (χ2n) is 4.67. The minimum absolute atomic E-state index is 0.0453. The van der Waals surface area contributed by atoms with E-state index >= 15 is 0 Å². The summed E-state index contributed by atoms with van der Waals surface area (Å²) in [6.45, 7) is 1.28. The summed E-state index contributed by atoms with van der Waals surface area (Å²) in [6, 6.07) is 7.39. The molecule has 3 atom stereocenters. The van der Waals surface area contributed by atoms with Crippen molar-refractivity contribution in [3.05, 3.63) is 34.3 Å². The van der Waals surface area contributed by atoms with Gasteiger partial charge in [0.2, 0.25) is 0 Å². The molecule has 1 fully saturated rings. The number of nitrogens with two attached hydrogens (primary N) is 1. The first kappa shape index (κ1) is 14.0. The molecule has 1 saturated carbocycles. The van der Waals surface area contributed by atoms with Crippen LogP contribution in [0.5, 0.6) is 0 Å². The van der Waals surface area contributed by atoms with Crippen LogP contribution in [0.15, 0.2) is 28.7 Å². The Kier molecular flexibility index (Phi) is 3.57. The van der Waals surface area contributed by atoms with Gasteiger partial charge in [0.05, 0.1) is 17.4 Å². The summed E-state index contributed by atoms with van der Waals surface area (Å²) in [6.07, 6.45) is 0. The van der Waals surface area contributed by atoms with E-state index in [1.54, 1.807) is 6.92 Å². The fourth-order valence-corrected chi connectivity index (χ4v) is 4.75. The molecular weight excluding hydrogens is 318 g/mol. The molecule has 0 heterocycles. The van der Waals surface area contributed by atoms with Crippen LogP contribution in [0.1, 0.15) is 18.4 Å². The fourth-order valence-electron chi connectivity index (χ4n) is 2.49. The van der Waals surface area contributed by atoms with Gasteiger partial charge < -0.3 is 10.8 Å². The summed E-state index contributed by atoms with van der Waals surface area (Å²) in [5, 5.41) is 8.70. The van der Waals surface area contributed by atoms with Crippen molar-refractivity contribution in [1.29, 1.82) is 0 Å². The van der Waals surface area contributed by atoms with Gasteiger partial charge in [0.15, 0.2) is 9.84 Å². The Bertz CT molecular complexity index is 543. The van der Waals surface area contributed by atoms with Crippen LogP contribution >= 0.6 is 15.9 Å². The van der Waals surface area contributed by atoms with Crippen molar-refractivity contribution in [3.63, 3.8) is 0 Å². The molecule has 0 amide bonds. The zero-order chi connectivity index (χ0) is 13.6. The highest BCUT2D eigenvalue weighted by Crippen LogP contribution is 2.54. The van der Waals surface area contributed by atoms with Crippen LogP contribution in [-0.2, 0) is 9.84 Å². The first-order valence-electron chi connectivity index (χ1n) is 5.73. The minimum Gasteiger partial charge on any atom is -0.394 e. The third-order valence-electron chi connectivity index (χ3n) is 3.59. The average Bonchev–Trinajstić information content (AvgIpc) is 2.98. The molecule has 0 radical (unpaired) electrons. The van der Waals surface area contributed by atoms with Crippen LogP contribution in [0.4, 0.5) is 0 Å². The van der Waals surface area contributed by atoms with E-state index in [2.05, 4.69) is 15.9 Å². The Morgan fingerprint density at radius 1 is 1.39 bits per heavy atom. The zero-order valence-electron chi connectivity index (χ0n) is 10.0. The molecule has 2 rings (SSSR count). The van der Waals surface area contributed by atoms with Crippen LogP contribution in [0.25, 0.3) is 0 Å². The number of hydrogen-bond acceptors (Lipinski definition) is 4. The number of benzene rings is 1. The molecule has 100 valence electrons. The van der Waals surface area contributed by atoms with E-state index in [4.69, 9.17) is 5.73 Å². The molecule has 0 aromatic heterocycles. The molecule has 1 aliphatic carbocycles. The molecule has 0 unspecified atom stereocenters. The Labute approximate surface area is 115 Å². The van der Waals surface area contributed by atoms with E-state index in [9.17, 15) is 13.5 Å². The van der Waals surface area contributed by atoms with Gasteiger partial charge in [0.25, 0.3) is 0 Å². The van der Waals surface area contributed by atoms with E-state index in [0.29, 0.717) is 0 Å². The van der Waals surface area contributed by atoms with E-state index < -0.39 is 20.6 Å². The molecule has 0 spiro atoms. The van der Waals surface area contributed by atoms with Gasteiger partial charge in [-0.3, -0.25) is 0 Å². The normalized spacial score (nSPS) is 31.3. The molecule has 18 heavy (non-hydrogen) atoms. The zero-order valence-corrected chi connectivity index (χ0v) is 12.4. The van der Waals surface area contributed by atoms with Crippen molar-refractivity contribution in [2.75, 3.05) is 12.4 Å². The van der Waals surface area contributed by atoms with Crippen molar-refractivity contribution < 1.29 is 13.5 Å².